The van der Waals surface area contributed by atoms with E-state index in [-0.39, 0.29) is 34.4 Å². The number of methoxy groups -OCH3 is 1. The van der Waals surface area contributed by atoms with Crippen molar-refractivity contribution in [1.29, 1.82) is 0 Å². The molecule has 8 nitrogen and oxygen atoms in total. The van der Waals surface area contributed by atoms with Gasteiger partial charge in [-0.1, -0.05) is 17.7 Å². The fourth-order valence-electron chi connectivity index (χ4n) is 3.58. The second-order valence-corrected chi connectivity index (χ2v) is 10.5. The summed E-state index contributed by atoms with van der Waals surface area (Å²) >= 11 is 7.14. The van der Waals surface area contributed by atoms with Gasteiger partial charge in [-0.3, -0.25) is 9.59 Å². The van der Waals surface area contributed by atoms with Crippen LogP contribution in [0.1, 0.15) is 22.8 Å². The predicted molar refractivity (Wildman–Crippen MR) is 124 cm³/mol. The summed E-state index contributed by atoms with van der Waals surface area (Å²) in [5.74, 6) is -0.662. The summed E-state index contributed by atoms with van der Waals surface area (Å²) in [5, 5.41) is 4.67. The van der Waals surface area contributed by atoms with Gasteiger partial charge < -0.3 is 20.5 Å². The van der Waals surface area contributed by atoms with Crippen molar-refractivity contribution in [1.82, 2.24) is 0 Å². The lowest BCUT2D eigenvalue weighted by molar-refractivity contribution is -0.120. The van der Waals surface area contributed by atoms with Crippen molar-refractivity contribution in [2.45, 2.75) is 22.1 Å². The molecule has 1 aromatic heterocycles. The maximum absolute atomic E-state index is 13.2. The summed E-state index contributed by atoms with van der Waals surface area (Å²) in [6.45, 7) is -0.335. The number of hydrogen-bond acceptors (Lipinski definition) is 7. The Morgan fingerprint density at radius 1 is 1.21 bits per heavy atom. The number of halogens is 1. The van der Waals surface area contributed by atoms with Crippen molar-refractivity contribution < 1.29 is 27.5 Å². The first-order chi connectivity index (χ1) is 15.7. The van der Waals surface area contributed by atoms with E-state index in [0.29, 0.717) is 27.0 Å². The van der Waals surface area contributed by atoms with Gasteiger partial charge >= 0.3 is 0 Å². The standard InChI is InChI=1S/C22H19ClN2O6S2/c1-30-16-7-2-12(8-17(16)31-10-19(24)26)15-9-20(27)25-21-18(11-32-22(15)21)33(28,29)14-5-3-13(23)4-6-14/h2-8,11,15H,9-10H2,1H3,(H2,24,26)(H,25,27)/t15-/m0/s1. The molecule has 2 aromatic carbocycles. The van der Waals surface area contributed by atoms with E-state index in [1.54, 1.807) is 18.2 Å². The number of anilines is 1. The van der Waals surface area contributed by atoms with Gasteiger partial charge in [0.2, 0.25) is 15.7 Å². The van der Waals surface area contributed by atoms with Gasteiger partial charge in [0.05, 0.1) is 17.7 Å². The third-order valence-electron chi connectivity index (χ3n) is 5.13. The van der Waals surface area contributed by atoms with E-state index < -0.39 is 21.7 Å². The largest absolute Gasteiger partial charge is 0.493 e. The van der Waals surface area contributed by atoms with Crippen LogP contribution < -0.4 is 20.5 Å². The van der Waals surface area contributed by atoms with Crippen LogP contribution in [0.4, 0.5) is 5.69 Å². The van der Waals surface area contributed by atoms with Crippen LogP contribution in [0.5, 0.6) is 11.5 Å². The molecule has 0 aliphatic carbocycles. The summed E-state index contributed by atoms with van der Waals surface area (Å²) in [7, 11) is -2.42. The molecule has 0 saturated heterocycles. The zero-order chi connectivity index (χ0) is 23.8. The Morgan fingerprint density at radius 3 is 2.61 bits per heavy atom. The number of nitrogens with two attached hydrogens (primary N) is 1. The molecule has 1 aliphatic heterocycles. The molecule has 3 N–H and O–H groups in total. The topological polar surface area (TPSA) is 125 Å². The first-order valence-electron chi connectivity index (χ1n) is 9.71. The maximum Gasteiger partial charge on any atom is 0.255 e. The Kier molecular flexibility index (Phi) is 6.33. The quantitative estimate of drug-likeness (QED) is 0.504. The van der Waals surface area contributed by atoms with E-state index >= 15 is 0 Å². The lowest BCUT2D eigenvalue weighted by atomic mass is 9.90. The van der Waals surface area contributed by atoms with Crippen molar-refractivity contribution in [2.75, 3.05) is 19.0 Å². The third kappa shape index (κ3) is 4.54. The zero-order valence-electron chi connectivity index (χ0n) is 17.3. The summed E-state index contributed by atoms with van der Waals surface area (Å²) < 4.78 is 37.2. The van der Waals surface area contributed by atoms with Crippen LogP contribution in [-0.4, -0.2) is 33.9 Å². The molecule has 1 atom stereocenters. The number of carbonyl (C=O) groups is 2. The molecule has 1 aliphatic rings. The molecule has 2 heterocycles. The van der Waals surface area contributed by atoms with E-state index in [1.165, 1.54) is 48.1 Å². The molecule has 0 spiro atoms. The summed E-state index contributed by atoms with van der Waals surface area (Å²) in [6, 6.07) is 11.0. The van der Waals surface area contributed by atoms with E-state index in [2.05, 4.69) is 5.32 Å². The van der Waals surface area contributed by atoms with Crippen LogP contribution in [0.3, 0.4) is 0 Å². The highest BCUT2D eigenvalue weighted by Crippen LogP contribution is 2.47. The van der Waals surface area contributed by atoms with Crippen LogP contribution in [0, 0.1) is 0 Å². The Labute approximate surface area is 199 Å². The predicted octanol–water partition coefficient (Wildman–Crippen LogP) is 3.58. The molecule has 2 amide bonds. The fraction of sp³-hybridized carbons (Fsp3) is 0.182. The van der Waals surface area contributed by atoms with Crippen molar-refractivity contribution >= 4 is 50.3 Å². The smallest absolute Gasteiger partial charge is 0.255 e. The van der Waals surface area contributed by atoms with Crippen LogP contribution in [0.15, 0.2) is 57.6 Å². The van der Waals surface area contributed by atoms with Gasteiger partial charge in [0.15, 0.2) is 18.1 Å². The monoisotopic (exact) mass is 506 g/mol. The number of sulfone groups is 1. The molecule has 0 fully saturated rings. The molecule has 172 valence electrons. The van der Waals surface area contributed by atoms with Gasteiger partial charge in [-0.15, -0.1) is 11.3 Å². The van der Waals surface area contributed by atoms with E-state index in [9.17, 15) is 18.0 Å². The van der Waals surface area contributed by atoms with Crippen LogP contribution in [0.25, 0.3) is 0 Å². The van der Waals surface area contributed by atoms with E-state index in [4.69, 9.17) is 26.8 Å². The van der Waals surface area contributed by atoms with Crippen molar-refractivity contribution in [2.24, 2.45) is 5.73 Å². The minimum Gasteiger partial charge on any atom is -0.493 e. The molecular formula is C22H19ClN2O6S2. The van der Waals surface area contributed by atoms with Gasteiger partial charge in [0.1, 0.15) is 4.90 Å². The second kappa shape index (κ2) is 9.05. The molecule has 0 unspecified atom stereocenters. The number of amides is 2. The average molecular weight is 507 g/mol. The summed E-state index contributed by atoms with van der Waals surface area (Å²) in [6.07, 6.45) is 0.121. The number of thiophene rings is 1. The van der Waals surface area contributed by atoms with Crippen molar-refractivity contribution in [3.05, 3.63) is 63.3 Å². The molecule has 0 radical (unpaired) electrons. The molecule has 33 heavy (non-hydrogen) atoms. The molecule has 0 bridgehead atoms. The summed E-state index contributed by atoms with van der Waals surface area (Å²) in [4.78, 5) is 24.5. The highest BCUT2D eigenvalue weighted by Gasteiger charge is 2.34. The van der Waals surface area contributed by atoms with Gasteiger partial charge in [-0.05, 0) is 42.0 Å². The molecule has 4 rings (SSSR count). The molecule has 0 saturated carbocycles. The highest BCUT2D eigenvalue weighted by molar-refractivity contribution is 7.91. The van der Waals surface area contributed by atoms with Gasteiger partial charge in [-0.2, -0.15) is 0 Å². The number of nitrogens with one attached hydrogen (secondary N) is 1. The summed E-state index contributed by atoms with van der Waals surface area (Å²) in [5.41, 5.74) is 6.16. The Morgan fingerprint density at radius 2 is 1.94 bits per heavy atom. The van der Waals surface area contributed by atoms with Gasteiger partial charge in [0.25, 0.3) is 5.91 Å². The fourth-order valence-corrected chi connectivity index (χ4v) is 6.62. The Bertz CT molecular complexity index is 1340. The maximum atomic E-state index is 13.2. The number of fused-ring (bicyclic) bond motifs is 1. The van der Waals surface area contributed by atoms with Crippen molar-refractivity contribution in [3.8, 4) is 11.5 Å². The molecule has 11 heteroatoms. The first-order valence-corrected chi connectivity index (χ1v) is 12.5. The Hall–Kier alpha value is -3.08. The highest BCUT2D eigenvalue weighted by atomic mass is 35.5. The van der Waals surface area contributed by atoms with Gasteiger partial charge in [-0.25, -0.2) is 8.42 Å². The third-order valence-corrected chi connectivity index (χ3v) is 8.42. The van der Waals surface area contributed by atoms with Crippen LogP contribution in [0.2, 0.25) is 5.02 Å². The second-order valence-electron chi connectivity index (χ2n) is 7.27. The van der Waals surface area contributed by atoms with Crippen molar-refractivity contribution in [3.63, 3.8) is 0 Å². The minimum atomic E-state index is -3.88. The van der Waals surface area contributed by atoms with Crippen LogP contribution >= 0.6 is 22.9 Å². The number of ether oxygens (including phenoxy) is 2. The minimum absolute atomic E-state index is 0.0292. The number of carbonyl (C=O) groups excluding carboxylic acids is 2. The number of hydrogen-bond donors (Lipinski definition) is 2. The Balaban J connectivity index is 1.76. The van der Waals surface area contributed by atoms with Crippen LogP contribution in [-0.2, 0) is 19.4 Å². The lowest BCUT2D eigenvalue weighted by Gasteiger charge is -2.24. The number of primary amides is 1. The number of rotatable bonds is 7. The van der Waals surface area contributed by atoms with E-state index in [0.717, 1.165) is 0 Å². The normalized spacial score (nSPS) is 15.5. The zero-order valence-corrected chi connectivity index (χ0v) is 19.7. The SMILES string of the molecule is COc1ccc([C@@H]2CC(=O)Nc3c(S(=O)(=O)c4ccc(Cl)cc4)csc32)cc1OCC(N)=O. The van der Waals surface area contributed by atoms with Gasteiger partial charge in [0, 0.05) is 27.6 Å². The first kappa shape index (κ1) is 23.1. The lowest BCUT2D eigenvalue weighted by Crippen LogP contribution is -2.23. The average Bonchev–Trinajstić information content (AvgIpc) is 3.21. The number of benzene rings is 2. The molecule has 3 aromatic rings. The van der Waals surface area contributed by atoms with E-state index in [1.807, 2.05) is 0 Å². The molecular weight excluding hydrogens is 488 g/mol.